The van der Waals surface area contributed by atoms with Gasteiger partial charge in [0.25, 0.3) is 0 Å². The van der Waals surface area contributed by atoms with Crippen molar-refractivity contribution in [3.05, 3.63) is 17.7 Å². The first-order valence-corrected chi connectivity index (χ1v) is 13.4. The SMILES string of the molecule is CC(=O)c1cc2c(cc1NC(=O)CC1CCCN(S(C)(C)(=O)CC(C)C)C1)OCO2. The van der Waals surface area contributed by atoms with Crippen LogP contribution in [0.4, 0.5) is 5.69 Å². The third kappa shape index (κ3) is 5.21. The summed E-state index contributed by atoms with van der Waals surface area (Å²) in [7, 11) is -2.90. The van der Waals surface area contributed by atoms with Crippen molar-refractivity contribution in [1.29, 1.82) is 0 Å². The lowest BCUT2D eigenvalue weighted by atomic mass is 9.95. The van der Waals surface area contributed by atoms with Gasteiger partial charge in [-0.1, -0.05) is 23.1 Å². The number of anilines is 1. The third-order valence-corrected chi connectivity index (χ3v) is 9.29. The number of carbonyl (C=O) groups excluding carboxylic acids is 2. The number of ketones is 1. The maximum Gasteiger partial charge on any atom is 0.231 e. The number of rotatable bonds is 7. The minimum Gasteiger partial charge on any atom is -0.454 e. The Morgan fingerprint density at radius 2 is 1.90 bits per heavy atom. The van der Waals surface area contributed by atoms with Gasteiger partial charge in [0.2, 0.25) is 12.7 Å². The monoisotopic (exact) mass is 438 g/mol. The molecule has 0 spiro atoms. The maximum atomic E-state index is 13.7. The molecule has 168 valence electrons. The Balaban J connectivity index is 1.68. The number of ether oxygens (including phenoxy) is 2. The van der Waals surface area contributed by atoms with E-state index in [1.165, 1.54) is 6.92 Å². The highest BCUT2D eigenvalue weighted by molar-refractivity contribution is 8.16. The predicted octanol–water partition coefficient (Wildman–Crippen LogP) is 3.31. The summed E-state index contributed by atoms with van der Waals surface area (Å²) < 4.78 is 26.5. The van der Waals surface area contributed by atoms with E-state index in [4.69, 9.17) is 9.47 Å². The highest BCUT2D eigenvalue weighted by Gasteiger charge is 2.37. The van der Waals surface area contributed by atoms with Crippen LogP contribution in [0.3, 0.4) is 0 Å². The molecule has 1 atom stereocenters. The second kappa shape index (κ2) is 8.30. The van der Waals surface area contributed by atoms with E-state index >= 15 is 0 Å². The Hall–Kier alpha value is -1.93. The van der Waals surface area contributed by atoms with Crippen LogP contribution in [0, 0.1) is 11.8 Å². The van der Waals surface area contributed by atoms with Crippen LogP contribution in [0.25, 0.3) is 0 Å². The molecule has 0 bridgehead atoms. The van der Waals surface area contributed by atoms with Crippen molar-refractivity contribution in [2.45, 2.75) is 40.0 Å². The normalized spacial score (nSPS) is 20.6. The molecule has 1 amide bonds. The first-order chi connectivity index (χ1) is 13.9. The van der Waals surface area contributed by atoms with Gasteiger partial charge in [-0.2, -0.15) is 0 Å². The lowest BCUT2D eigenvalue weighted by molar-refractivity contribution is -0.117. The minimum atomic E-state index is -2.90. The quantitative estimate of drug-likeness (QED) is 0.660. The highest BCUT2D eigenvalue weighted by atomic mass is 32.3. The molecule has 30 heavy (non-hydrogen) atoms. The molecule has 1 aromatic rings. The van der Waals surface area contributed by atoms with E-state index in [0.29, 0.717) is 47.4 Å². The fourth-order valence-corrected chi connectivity index (χ4v) is 8.05. The number of hydrogen-bond acceptors (Lipinski definition) is 5. The average molecular weight is 439 g/mol. The van der Waals surface area contributed by atoms with E-state index in [9.17, 15) is 13.8 Å². The zero-order valence-electron chi connectivity index (χ0n) is 18.7. The van der Waals surface area contributed by atoms with Gasteiger partial charge < -0.3 is 14.8 Å². The summed E-state index contributed by atoms with van der Waals surface area (Å²) in [6.07, 6.45) is 5.94. The summed E-state index contributed by atoms with van der Waals surface area (Å²) in [5, 5.41) is 2.88. The van der Waals surface area contributed by atoms with Crippen molar-refractivity contribution in [3.63, 3.8) is 0 Å². The molecule has 0 saturated carbocycles. The van der Waals surface area contributed by atoms with Crippen molar-refractivity contribution in [2.24, 2.45) is 11.8 Å². The summed E-state index contributed by atoms with van der Waals surface area (Å²) in [6, 6.07) is 3.26. The van der Waals surface area contributed by atoms with Gasteiger partial charge in [0.15, 0.2) is 17.3 Å². The lowest BCUT2D eigenvalue weighted by Crippen LogP contribution is -2.56. The van der Waals surface area contributed by atoms with Crippen LogP contribution in [-0.2, 0) is 14.0 Å². The van der Waals surface area contributed by atoms with Crippen molar-refractivity contribution < 1.29 is 23.3 Å². The van der Waals surface area contributed by atoms with Gasteiger partial charge in [-0.3, -0.25) is 13.8 Å². The number of nitrogens with one attached hydrogen (secondary N) is 1. The first kappa shape index (κ1) is 22.7. The van der Waals surface area contributed by atoms with Crippen molar-refractivity contribution >= 4 is 26.6 Å². The van der Waals surface area contributed by atoms with Gasteiger partial charge in [0, 0.05) is 49.4 Å². The van der Waals surface area contributed by atoms with Crippen LogP contribution in [-0.4, -0.2) is 58.4 Å². The van der Waals surface area contributed by atoms with Gasteiger partial charge in [0.1, 0.15) is 0 Å². The van der Waals surface area contributed by atoms with Gasteiger partial charge in [0.05, 0.1) is 5.69 Å². The molecule has 1 fully saturated rings. The Kier molecular flexibility index (Phi) is 6.30. The van der Waals surface area contributed by atoms with E-state index in [1.807, 2.05) is 12.5 Å². The molecule has 1 unspecified atom stereocenters. The molecule has 0 radical (unpaired) electrons. The highest BCUT2D eigenvalue weighted by Crippen LogP contribution is 2.38. The number of fused-ring (bicyclic) bond motifs is 1. The van der Waals surface area contributed by atoms with Crippen LogP contribution in [0.15, 0.2) is 12.1 Å². The molecule has 8 heteroatoms. The van der Waals surface area contributed by atoms with E-state index in [-0.39, 0.29) is 24.4 Å². The van der Waals surface area contributed by atoms with Crippen LogP contribution >= 0.6 is 0 Å². The van der Waals surface area contributed by atoms with Gasteiger partial charge in [-0.25, -0.2) is 4.31 Å². The second-order valence-corrected chi connectivity index (χ2v) is 14.4. The van der Waals surface area contributed by atoms with Gasteiger partial charge in [-0.15, -0.1) is 0 Å². The Bertz CT molecular complexity index is 905. The summed E-state index contributed by atoms with van der Waals surface area (Å²) in [4.78, 5) is 24.8. The fourth-order valence-electron chi connectivity index (χ4n) is 4.57. The Labute approximate surface area is 179 Å². The fraction of sp³-hybridized carbons (Fsp3) is 0.636. The standard InChI is InChI=1S/C22H34N2O5S/c1-15(2)13-30(4,5,27)24-8-6-7-17(12-24)9-22(26)23-19-11-21-20(28-14-29-21)10-18(19)16(3)25/h10-11,15,17H,6-9,12-14H2,1-5H3,(H,23,26). The number of carbonyl (C=O) groups is 2. The Morgan fingerprint density at radius 3 is 2.53 bits per heavy atom. The summed E-state index contributed by atoms with van der Waals surface area (Å²) in [5.74, 6) is 1.87. The van der Waals surface area contributed by atoms with E-state index in [0.717, 1.165) is 19.4 Å². The minimum absolute atomic E-state index is 0.104. The second-order valence-electron chi connectivity index (χ2n) is 9.52. The van der Waals surface area contributed by atoms with Crippen LogP contribution in [0.1, 0.15) is 50.4 Å². The summed E-state index contributed by atoms with van der Waals surface area (Å²) in [5.41, 5.74) is 0.845. The number of amides is 1. The zero-order chi connectivity index (χ0) is 22.1. The molecule has 0 aliphatic carbocycles. The van der Waals surface area contributed by atoms with E-state index in [1.54, 1.807) is 12.1 Å². The molecule has 1 aromatic carbocycles. The molecule has 0 aromatic heterocycles. The van der Waals surface area contributed by atoms with E-state index in [2.05, 4.69) is 23.5 Å². The predicted molar refractivity (Wildman–Crippen MR) is 120 cm³/mol. The third-order valence-electron chi connectivity index (χ3n) is 5.74. The molecule has 2 heterocycles. The van der Waals surface area contributed by atoms with Gasteiger partial charge >= 0.3 is 0 Å². The summed E-state index contributed by atoms with van der Waals surface area (Å²) >= 11 is 0. The molecule has 2 aliphatic rings. The molecule has 2 aliphatic heterocycles. The van der Waals surface area contributed by atoms with Gasteiger partial charge in [-0.05, 0) is 37.7 Å². The van der Waals surface area contributed by atoms with Crippen molar-refractivity contribution in [2.75, 3.05) is 43.5 Å². The average Bonchev–Trinajstić information content (AvgIpc) is 3.06. The van der Waals surface area contributed by atoms with Crippen LogP contribution < -0.4 is 14.8 Å². The van der Waals surface area contributed by atoms with Crippen LogP contribution in [0.2, 0.25) is 0 Å². The maximum absolute atomic E-state index is 13.7. The molecule has 1 N–H and O–H groups in total. The smallest absolute Gasteiger partial charge is 0.231 e. The lowest BCUT2D eigenvalue weighted by Gasteiger charge is -2.49. The molecular weight excluding hydrogens is 404 g/mol. The molecule has 1 saturated heterocycles. The van der Waals surface area contributed by atoms with Crippen LogP contribution in [0.5, 0.6) is 11.5 Å². The Morgan fingerprint density at radius 1 is 1.23 bits per heavy atom. The number of piperidine rings is 1. The molecule has 7 nitrogen and oxygen atoms in total. The number of benzene rings is 1. The first-order valence-electron chi connectivity index (χ1n) is 10.5. The van der Waals surface area contributed by atoms with E-state index < -0.39 is 9.25 Å². The molecule has 3 rings (SSSR count). The summed E-state index contributed by atoms with van der Waals surface area (Å²) in [6.45, 7) is 7.20. The number of nitrogens with zero attached hydrogens (tertiary/aromatic N) is 1. The topological polar surface area (TPSA) is 84.9 Å². The molecular formula is C22H34N2O5S. The van der Waals surface area contributed by atoms with Crippen molar-refractivity contribution in [1.82, 2.24) is 4.31 Å². The number of hydrogen-bond donors (Lipinski definition) is 1. The largest absolute Gasteiger partial charge is 0.454 e. The zero-order valence-corrected chi connectivity index (χ0v) is 19.5. The van der Waals surface area contributed by atoms with Crippen molar-refractivity contribution in [3.8, 4) is 11.5 Å². The number of Topliss-reactive ketones (excluding diaryl/α,β-unsaturated/α-hetero) is 1.